The van der Waals surface area contributed by atoms with Crippen LogP contribution in [0.3, 0.4) is 0 Å². The minimum Gasteiger partial charge on any atom is -0.409 e. The number of hydrogen-bond donors (Lipinski definition) is 3. The van der Waals surface area contributed by atoms with E-state index in [2.05, 4.69) is 15.6 Å². The lowest BCUT2D eigenvalue weighted by Gasteiger charge is -2.09. The molecule has 0 unspecified atom stereocenters. The van der Waals surface area contributed by atoms with E-state index >= 15 is 0 Å². The largest absolute Gasteiger partial charge is 0.409 e. The molecule has 1 aromatic heterocycles. The monoisotopic (exact) mass is 239 g/mol. The van der Waals surface area contributed by atoms with Crippen molar-refractivity contribution in [1.29, 1.82) is 0 Å². The van der Waals surface area contributed by atoms with Crippen molar-refractivity contribution in [3.05, 3.63) is 11.8 Å². The summed E-state index contributed by atoms with van der Waals surface area (Å²) in [5.74, 6) is 0.468. The van der Waals surface area contributed by atoms with Gasteiger partial charge in [-0.15, -0.1) is 0 Å². The van der Waals surface area contributed by atoms with Crippen LogP contribution in [-0.4, -0.2) is 26.7 Å². The number of amides is 1. The lowest BCUT2D eigenvalue weighted by molar-refractivity contribution is -0.116. The standard InChI is InChI=1S/C10H17N5O2/c1-6(2)4-8(16)13-10-7(9(11)14-17)5-12-15(10)3/h5-6,17H,4H2,1-3H3,(H2,11,14)(H,13,16). The van der Waals surface area contributed by atoms with Gasteiger partial charge in [0.15, 0.2) is 5.84 Å². The maximum atomic E-state index is 11.6. The predicted molar refractivity (Wildman–Crippen MR) is 63.8 cm³/mol. The van der Waals surface area contributed by atoms with Crippen molar-refractivity contribution in [2.24, 2.45) is 23.9 Å². The van der Waals surface area contributed by atoms with E-state index in [0.717, 1.165) is 0 Å². The van der Waals surface area contributed by atoms with Crippen molar-refractivity contribution in [3.8, 4) is 0 Å². The Morgan fingerprint density at radius 2 is 2.35 bits per heavy atom. The van der Waals surface area contributed by atoms with Crippen molar-refractivity contribution < 1.29 is 10.0 Å². The summed E-state index contributed by atoms with van der Waals surface area (Å²) in [5, 5.41) is 18.1. The average molecular weight is 239 g/mol. The van der Waals surface area contributed by atoms with Crippen LogP contribution in [0.1, 0.15) is 25.8 Å². The normalized spacial score (nSPS) is 11.9. The van der Waals surface area contributed by atoms with E-state index in [-0.39, 0.29) is 17.7 Å². The first-order chi connectivity index (χ1) is 7.95. The molecule has 0 aliphatic heterocycles. The number of oxime groups is 1. The minimum atomic E-state index is -0.129. The van der Waals surface area contributed by atoms with Crippen LogP contribution in [0.25, 0.3) is 0 Å². The van der Waals surface area contributed by atoms with Crippen LogP contribution in [0.2, 0.25) is 0 Å². The van der Waals surface area contributed by atoms with Gasteiger partial charge in [0, 0.05) is 13.5 Å². The molecule has 0 aliphatic carbocycles. The molecule has 0 saturated carbocycles. The first-order valence-corrected chi connectivity index (χ1v) is 5.25. The third kappa shape index (κ3) is 3.20. The number of carbonyl (C=O) groups is 1. The number of rotatable bonds is 4. The van der Waals surface area contributed by atoms with E-state index in [9.17, 15) is 4.79 Å². The Morgan fingerprint density at radius 3 is 2.88 bits per heavy atom. The summed E-state index contributed by atoms with van der Waals surface area (Å²) < 4.78 is 1.46. The van der Waals surface area contributed by atoms with Crippen LogP contribution in [-0.2, 0) is 11.8 Å². The summed E-state index contributed by atoms with van der Waals surface area (Å²) in [4.78, 5) is 11.6. The zero-order valence-corrected chi connectivity index (χ0v) is 10.1. The van der Waals surface area contributed by atoms with E-state index in [0.29, 0.717) is 17.8 Å². The Bertz CT molecular complexity index is 436. The zero-order valence-electron chi connectivity index (χ0n) is 10.1. The van der Waals surface area contributed by atoms with Crippen molar-refractivity contribution in [3.63, 3.8) is 0 Å². The molecule has 4 N–H and O–H groups in total. The molecule has 17 heavy (non-hydrogen) atoms. The molecule has 0 radical (unpaired) electrons. The Morgan fingerprint density at radius 1 is 1.71 bits per heavy atom. The molecule has 7 heteroatoms. The second kappa shape index (κ2) is 5.33. The number of nitrogens with one attached hydrogen (secondary N) is 1. The highest BCUT2D eigenvalue weighted by Crippen LogP contribution is 2.14. The molecule has 1 aromatic rings. The van der Waals surface area contributed by atoms with Crippen LogP contribution in [0.5, 0.6) is 0 Å². The molecule has 0 bridgehead atoms. The lowest BCUT2D eigenvalue weighted by Crippen LogP contribution is -2.20. The Kier molecular flexibility index (Phi) is 4.08. The van der Waals surface area contributed by atoms with Gasteiger partial charge in [-0.1, -0.05) is 19.0 Å². The number of aromatic nitrogens is 2. The molecule has 0 saturated heterocycles. The zero-order chi connectivity index (χ0) is 13.0. The van der Waals surface area contributed by atoms with Crippen molar-refractivity contribution in [2.45, 2.75) is 20.3 Å². The quantitative estimate of drug-likeness (QED) is 0.308. The van der Waals surface area contributed by atoms with E-state index in [1.807, 2.05) is 13.8 Å². The lowest BCUT2D eigenvalue weighted by atomic mass is 10.1. The molecule has 0 spiro atoms. The van der Waals surface area contributed by atoms with Gasteiger partial charge in [0.05, 0.1) is 11.8 Å². The summed E-state index contributed by atoms with van der Waals surface area (Å²) in [5.41, 5.74) is 5.88. The first-order valence-electron chi connectivity index (χ1n) is 5.25. The molecule has 0 aromatic carbocycles. The van der Waals surface area contributed by atoms with Gasteiger partial charge in [0.25, 0.3) is 0 Å². The molecular formula is C10H17N5O2. The minimum absolute atomic E-state index is 0.0852. The summed E-state index contributed by atoms with van der Waals surface area (Å²) >= 11 is 0. The fourth-order valence-corrected chi connectivity index (χ4v) is 1.38. The second-order valence-electron chi connectivity index (χ2n) is 4.16. The van der Waals surface area contributed by atoms with Crippen LogP contribution in [0.4, 0.5) is 5.82 Å². The van der Waals surface area contributed by atoms with Gasteiger partial charge < -0.3 is 16.3 Å². The maximum Gasteiger partial charge on any atom is 0.225 e. The number of nitrogens with two attached hydrogens (primary N) is 1. The molecule has 0 atom stereocenters. The topological polar surface area (TPSA) is 106 Å². The van der Waals surface area contributed by atoms with E-state index < -0.39 is 0 Å². The fourth-order valence-electron chi connectivity index (χ4n) is 1.38. The molecule has 1 heterocycles. The van der Waals surface area contributed by atoms with E-state index in [1.54, 1.807) is 7.05 Å². The van der Waals surface area contributed by atoms with Gasteiger partial charge in [0.2, 0.25) is 5.91 Å². The van der Waals surface area contributed by atoms with Gasteiger partial charge in [-0.05, 0) is 5.92 Å². The molecule has 1 rings (SSSR count). The number of nitrogens with zero attached hydrogens (tertiary/aromatic N) is 3. The van der Waals surface area contributed by atoms with E-state index in [1.165, 1.54) is 10.9 Å². The first kappa shape index (κ1) is 13.0. The van der Waals surface area contributed by atoms with Gasteiger partial charge in [-0.3, -0.25) is 9.48 Å². The number of anilines is 1. The number of aryl methyl sites for hydroxylation is 1. The second-order valence-corrected chi connectivity index (χ2v) is 4.16. The summed E-state index contributed by atoms with van der Waals surface area (Å²) in [6, 6.07) is 0. The Hall–Kier alpha value is -2.05. The smallest absolute Gasteiger partial charge is 0.225 e. The van der Waals surface area contributed by atoms with Crippen LogP contribution in [0, 0.1) is 5.92 Å². The van der Waals surface area contributed by atoms with E-state index in [4.69, 9.17) is 10.9 Å². The van der Waals surface area contributed by atoms with Gasteiger partial charge in [0.1, 0.15) is 5.82 Å². The van der Waals surface area contributed by atoms with Crippen molar-refractivity contribution in [1.82, 2.24) is 9.78 Å². The highest BCUT2D eigenvalue weighted by molar-refractivity contribution is 6.04. The SMILES string of the molecule is CC(C)CC(=O)Nc1c(/C(N)=N/O)cnn1C. The summed E-state index contributed by atoms with van der Waals surface area (Å²) in [6.45, 7) is 3.90. The molecule has 0 aliphatic rings. The highest BCUT2D eigenvalue weighted by Gasteiger charge is 2.15. The van der Waals surface area contributed by atoms with Gasteiger partial charge >= 0.3 is 0 Å². The third-order valence-corrected chi connectivity index (χ3v) is 2.17. The number of carbonyl (C=O) groups excluding carboxylic acids is 1. The van der Waals surface area contributed by atoms with Crippen LogP contribution < -0.4 is 11.1 Å². The molecule has 0 fully saturated rings. The molecule has 1 amide bonds. The average Bonchev–Trinajstić information content (AvgIpc) is 2.58. The van der Waals surface area contributed by atoms with Gasteiger partial charge in [-0.2, -0.15) is 5.10 Å². The highest BCUT2D eigenvalue weighted by atomic mass is 16.4. The molecule has 7 nitrogen and oxygen atoms in total. The van der Waals surface area contributed by atoms with Crippen LogP contribution >= 0.6 is 0 Å². The predicted octanol–water partition coefficient (Wildman–Crippen LogP) is 0.499. The van der Waals surface area contributed by atoms with Crippen molar-refractivity contribution in [2.75, 3.05) is 5.32 Å². The summed E-state index contributed by atoms with van der Waals surface area (Å²) in [6.07, 6.45) is 1.83. The van der Waals surface area contributed by atoms with Crippen molar-refractivity contribution >= 4 is 17.6 Å². The molecular weight excluding hydrogens is 222 g/mol. The van der Waals surface area contributed by atoms with Crippen LogP contribution in [0.15, 0.2) is 11.4 Å². The van der Waals surface area contributed by atoms with Gasteiger partial charge in [-0.25, -0.2) is 0 Å². The maximum absolute atomic E-state index is 11.6. The number of amidine groups is 1. The fraction of sp³-hybridized carbons (Fsp3) is 0.500. The summed E-state index contributed by atoms with van der Waals surface area (Å²) in [7, 11) is 1.67. The third-order valence-electron chi connectivity index (χ3n) is 2.17. The Labute approximate surface area is 99.3 Å². The Balaban J connectivity index is 2.90. The number of hydrogen-bond acceptors (Lipinski definition) is 4. The molecule has 94 valence electrons.